The molecule has 0 radical (unpaired) electrons. The maximum absolute atomic E-state index is 11.0. The molecule has 0 saturated carbocycles. The van der Waals surface area contributed by atoms with E-state index in [9.17, 15) is 8.42 Å². The van der Waals surface area contributed by atoms with Gasteiger partial charge in [-0.25, -0.2) is 13.4 Å². The van der Waals surface area contributed by atoms with E-state index in [-0.39, 0.29) is 0 Å². The summed E-state index contributed by atoms with van der Waals surface area (Å²) in [5.41, 5.74) is 1.05. The fraction of sp³-hybridized carbons (Fsp3) is 0.500. The quantitative estimate of drug-likeness (QED) is 0.859. The summed E-state index contributed by atoms with van der Waals surface area (Å²) in [6.07, 6.45) is 5.24. The monoisotopic (exact) mass is 241 g/mol. The minimum absolute atomic E-state index is 0.366. The molecule has 88 valence electrons. The molecule has 1 saturated heterocycles. The van der Waals surface area contributed by atoms with Crippen LogP contribution in [0.2, 0.25) is 0 Å². The van der Waals surface area contributed by atoms with E-state index < -0.39 is 10.0 Å². The highest BCUT2D eigenvalue weighted by Crippen LogP contribution is 2.20. The lowest BCUT2D eigenvalue weighted by atomic mass is 10.4. The molecule has 1 N–H and O–H groups in total. The summed E-state index contributed by atoms with van der Waals surface area (Å²) in [5, 5.41) is 0. The molecule has 0 aromatic carbocycles. The van der Waals surface area contributed by atoms with Crippen LogP contribution in [-0.4, -0.2) is 32.7 Å². The van der Waals surface area contributed by atoms with E-state index in [1.807, 2.05) is 6.07 Å². The number of hydrogen-bond acceptors (Lipinski definition) is 4. The first-order chi connectivity index (χ1) is 7.54. The van der Waals surface area contributed by atoms with Crippen molar-refractivity contribution >= 4 is 21.5 Å². The second-order valence-corrected chi connectivity index (χ2v) is 5.72. The minimum atomic E-state index is -3.24. The number of aromatic nitrogens is 1. The van der Waals surface area contributed by atoms with E-state index in [0.29, 0.717) is 5.82 Å². The van der Waals surface area contributed by atoms with E-state index in [0.717, 1.165) is 25.0 Å². The van der Waals surface area contributed by atoms with E-state index in [4.69, 9.17) is 0 Å². The summed E-state index contributed by atoms with van der Waals surface area (Å²) in [6.45, 7) is 2.11. The average Bonchev–Trinajstić information content (AvgIpc) is 2.69. The lowest BCUT2D eigenvalue weighted by Gasteiger charge is -2.17. The summed E-state index contributed by atoms with van der Waals surface area (Å²) >= 11 is 0. The van der Waals surface area contributed by atoms with Crippen molar-refractivity contribution in [3.8, 4) is 0 Å². The molecular weight excluding hydrogens is 226 g/mol. The number of rotatable bonds is 3. The maximum atomic E-state index is 11.0. The van der Waals surface area contributed by atoms with Gasteiger partial charge >= 0.3 is 0 Å². The molecule has 0 amide bonds. The molecule has 1 aromatic heterocycles. The molecule has 1 aliphatic rings. The highest BCUT2D eigenvalue weighted by atomic mass is 32.2. The van der Waals surface area contributed by atoms with Crippen LogP contribution in [0, 0.1) is 0 Å². The topological polar surface area (TPSA) is 62.3 Å². The van der Waals surface area contributed by atoms with Gasteiger partial charge in [0, 0.05) is 13.1 Å². The highest BCUT2D eigenvalue weighted by molar-refractivity contribution is 7.92. The van der Waals surface area contributed by atoms with Crippen LogP contribution in [0.15, 0.2) is 18.3 Å². The van der Waals surface area contributed by atoms with Crippen LogP contribution in [-0.2, 0) is 10.0 Å². The predicted molar refractivity (Wildman–Crippen MR) is 64.2 cm³/mol. The second-order valence-electron chi connectivity index (χ2n) is 3.97. The van der Waals surface area contributed by atoms with Crippen molar-refractivity contribution in [3.05, 3.63) is 18.3 Å². The third-order valence-electron chi connectivity index (χ3n) is 2.51. The van der Waals surface area contributed by atoms with Gasteiger partial charge in [0.05, 0.1) is 18.1 Å². The zero-order valence-corrected chi connectivity index (χ0v) is 10.00. The van der Waals surface area contributed by atoms with Crippen LogP contribution in [0.4, 0.5) is 11.5 Å². The number of nitrogens with one attached hydrogen (secondary N) is 1. The van der Waals surface area contributed by atoms with Gasteiger partial charge in [-0.15, -0.1) is 0 Å². The third-order valence-corrected chi connectivity index (χ3v) is 3.09. The summed E-state index contributed by atoms with van der Waals surface area (Å²) in [4.78, 5) is 6.32. The molecule has 16 heavy (non-hydrogen) atoms. The second kappa shape index (κ2) is 4.29. The molecule has 2 heterocycles. The van der Waals surface area contributed by atoms with Gasteiger partial charge in [0.25, 0.3) is 0 Å². The van der Waals surface area contributed by atoms with Gasteiger partial charge in [-0.1, -0.05) is 0 Å². The lowest BCUT2D eigenvalue weighted by molar-refractivity contribution is 0.606. The van der Waals surface area contributed by atoms with Crippen molar-refractivity contribution < 1.29 is 8.42 Å². The fourth-order valence-corrected chi connectivity index (χ4v) is 2.30. The van der Waals surface area contributed by atoms with Crippen LogP contribution >= 0.6 is 0 Å². The Morgan fingerprint density at radius 3 is 2.50 bits per heavy atom. The van der Waals surface area contributed by atoms with Gasteiger partial charge in [0.15, 0.2) is 0 Å². The Labute approximate surface area is 95.5 Å². The Morgan fingerprint density at radius 2 is 2.00 bits per heavy atom. The molecule has 6 heteroatoms. The molecule has 0 atom stereocenters. The zero-order valence-electron chi connectivity index (χ0n) is 9.18. The third kappa shape index (κ3) is 2.85. The van der Waals surface area contributed by atoms with Crippen LogP contribution in [0.25, 0.3) is 0 Å². The molecule has 0 bridgehead atoms. The highest BCUT2D eigenvalue weighted by Gasteiger charge is 2.12. The first kappa shape index (κ1) is 11.2. The summed E-state index contributed by atoms with van der Waals surface area (Å²) in [6, 6.07) is 3.58. The van der Waals surface area contributed by atoms with Gasteiger partial charge in [0.2, 0.25) is 10.0 Å². The standard InChI is InChI=1S/C10H15N3O2S/c1-16(14,15)12-10-5-4-9(8-11-10)13-6-2-3-7-13/h4-5,8H,2-3,6-7H2,1H3,(H,11,12). The molecule has 0 aliphatic carbocycles. The Morgan fingerprint density at radius 1 is 1.31 bits per heavy atom. The molecule has 1 fully saturated rings. The summed E-state index contributed by atoms with van der Waals surface area (Å²) < 4.78 is 24.3. The number of sulfonamides is 1. The van der Waals surface area contributed by atoms with Crippen molar-refractivity contribution in [2.24, 2.45) is 0 Å². The van der Waals surface area contributed by atoms with Crippen molar-refractivity contribution in [2.75, 3.05) is 29.0 Å². The first-order valence-corrected chi connectivity index (χ1v) is 7.12. The fourth-order valence-electron chi connectivity index (χ4n) is 1.80. The lowest BCUT2D eigenvalue weighted by Crippen LogP contribution is -2.18. The number of pyridine rings is 1. The van der Waals surface area contributed by atoms with E-state index >= 15 is 0 Å². The Hall–Kier alpha value is -1.30. The van der Waals surface area contributed by atoms with E-state index in [1.54, 1.807) is 12.3 Å². The number of hydrogen-bond donors (Lipinski definition) is 1. The van der Waals surface area contributed by atoms with Crippen molar-refractivity contribution in [3.63, 3.8) is 0 Å². The van der Waals surface area contributed by atoms with Gasteiger partial charge < -0.3 is 4.90 Å². The van der Waals surface area contributed by atoms with Crippen molar-refractivity contribution in [1.82, 2.24) is 4.98 Å². The van der Waals surface area contributed by atoms with Crippen LogP contribution in [0.5, 0.6) is 0 Å². The normalized spacial score (nSPS) is 16.4. The van der Waals surface area contributed by atoms with Crippen LogP contribution in [0.3, 0.4) is 0 Å². The number of nitrogens with zero attached hydrogens (tertiary/aromatic N) is 2. The summed E-state index contributed by atoms with van der Waals surface area (Å²) in [5.74, 6) is 0.366. The molecular formula is C10H15N3O2S. The van der Waals surface area contributed by atoms with Crippen molar-refractivity contribution in [1.29, 1.82) is 0 Å². The average molecular weight is 241 g/mol. The van der Waals surface area contributed by atoms with E-state index in [1.165, 1.54) is 12.8 Å². The SMILES string of the molecule is CS(=O)(=O)Nc1ccc(N2CCCC2)cn1. The largest absolute Gasteiger partial charge is 0.370 e. The van der Waals surface area contributed by atoms with Gasteiger partial charge in [-0.2, -0.15) is 0 Å². The van der Waals surface area contributed by atoms with Gasteiger partial charge in [-0.05, 0) is 25.0 Å². The Balaban J connectivity index is 2.10. The van der Waals surface area contributed by atoms with Crippen LogP contribution in [0.1, 0.15) is 12.8 Å². The Kier molecular flexibility index (Phi) is 3.00. The Bertz CT molecular complexity index is 449. The minimum Gasteiger partial charge on any atom is -0.370 e. The molecule has 1 aromatic rings. The smallest absolute Gasteiger partial charge is 0.230 e. The van der Waals surface area contributed by atoms with E-state index in [2.05, 4.69) is 14.6 Å². The van der Waals surface area contributed by atoms with Gasteiger partial charge in [-0.3, -0.25) is 4.72 Å². The predicted octanol–water partition coefficient (Wildman–Crippen LogP) is 1.05. The van der Waals surface area contributed by atoms with Crippen molar-refractivity contribution in [2.45, 2.75) is 12.8 Å². The maximum Gasteiger partial charge on any atom is 0.230 e. The molecule has 0 unspecified atom stereocenters. The van der Waals surface area contributed by atoms with Crippen LogP contribution < -0.4 is 9.62 Å². The first-order valence-electron chi connectivity index (χ1n) is 5.23. The molecule has 0 spiro atoms. The molecule has 5 nitrogen and oxygen atoms in total. The summed E-state index contributed by atoms with van der Waals surface area (Å²) in [7, 11) is -3.24. The molecule has 2 rings (SSSR count). The zero-order chi connectivity index (χ0) is 11.6. The molecule has 1 aliphatic heterocycles. The number of anilines is 2. The van der Waals surface area contributed by atoms with Gasteiger partial charge in [0.1, 0.15) is 5.82 Å².